The first-order chi connectivity index (χ1) is 14.9. The third-order valence-corrected chi connectivity index (χ3v) is 5.80. The molecule has 164 valence electrons. The number of benzene rings is 1. The first-order valence-electron chi connectivity index (χ1n) is 11.2. The Kier molecular flexibility index (Phi) is 6.16. The highest BCUT2D eigenvalue weighted by molar-refractivity contribution is 5.88. The van der Waals surface area contributed by atoms with Gasteiger partial charge in [0.05, 0.1) is 18.0 Å². The standard InChI is InChI=1S/C25H32N4O2/c1-16(2)9-12-31-20-5-6-21-18(13-20)14-24(28-21)23-15-19(7-10-26-23)27-22-8-11-29(17(3)4)25(22)30/h5-7,10,13-17,22,28H,8-9,11-12H2,1-4H3,(H,26,27). The number of rotatable bonds is 8. The van der Waals surface area contributed by atoms with E-state index >= 15 is 0 Å². The van der Waals surface area contributed by atoms with Crippen LogP contribution in [0.2, 0.25) is 0 Å². The zero-order chi connectivity index (χ0) is 22.0. The van der Waals surface area contributed by atoms with E-state index in [0.717, 1.165) is 59.7 Å². The summed E-state index contributed by atoms with van der Waals surface area (Å²) in [6, 6.07) is 12.2. The molecule has 3 aromatic rings. The molecule has 1 aliphatic heterocycles. The van der Waals surface area contributed by atoms with Crippen LogP contribution in [-0.4, -0.2) is 46.0 Å². The second-order valence-electron chi connectivity index (χ2n) is 9.00. The maximum atomic E-state index is 12.6. The smallest absolute Gasteiger partial charge is 0.245 e. The molecule has 0 radical (unpaired) electrons. The number of carbonyl (C=O) groups is 1. The molecule has 1 aliphatic rings. The van der Waals surface area contributed by atoms with Gasteiger partial charge < -0.3 is 19.9 Å². The lowest BCUT2D eigenvalue weighted by Crippen LogP contribution is -2.37. The van der Waals surface area contributed by atoms with Crippen LogP contribution in [0.3, 0.4) is 0 Å². The topological polar surface area (TPSA) is 70.2 Å². The number of hydrogen-bond donors (Lipinski definition) is 2. The number of carbonyl (C=O) groups excluding carboxylic acids is 1. The lowest BCUT2D eigenvalue weighted by molar-refractivity contribution is -0.129. The van der Waals surface area contributed by atoms with Gasteiger partial charge in [0, 0.05) is 35.4 Å². The van der Waals surface area contributed by atoms with E-state index in [-0.39, 0.29) is 18.0 Å². The van der Waals surface area contributed by atoms with Crippen LogP contribution in [0.15, 0.2) is 42.6 Å². The highest BCUT2D eigenvalue weighted by Gasteiger charge is 2.32. The molecular formula is C25H32N4O2. The van der Waals surface area contributed by atoms with Crippen molar-refractivity contribution in [2.75, 3.05) is 18.5 Å². The van der Waals surface area contributed by atoms with Gasteiger partial charge in [0.2, 0.25) is 5.91 Å². The number of amides is 1. The van der Waals surface area contributed by atoms with Crippen LogP contribution in [-0.2, 0) is 4.79 Å². The van der Waals surface area contributed by atoms with Gasteiger partial charge in [-0.15, -0.1) is 0 Å². The second-order valence-corrected chi connectivity index (χ2v) is 9.00. The van der Waals surface area contributed by atoms with Crippen molar-refractivity contribution in [2.24, 2.45) is 5.92 Å². The van der Waals surface area contributed by atoms with Crippen LogP contribution >= 0.6 is 0 Å². The number of ether oxygens (including phenoxy) is 1. The van der Waals surface area contributed by atoms with Gasteiger partial charge in [0.25, 0.3) is 0 Å². The van der Waals surface area contributed by atoms with Crippen molar-refractivity contribution in [3.05, 3.63) is 42.6 Å². The molecule has 0 bridgehead atoms. The molecule has 31 heavy (non-hydrogen) atoms. The number of likely N-dealkylation sites (tertiary alicyclic amines) is 1. The van der Waals surface area contributed by atoms with Crippen molar-refractivity contribution in [3.63, 3.8) is 0 Å². The quantitative estimate of drug-likeness (QED) is 0.533. The minimum absolute atomic E-state index is 0.170. The molecule has 1 amide bonds. The third kappa shape index (κ3) is 4.84. The van der Waals surface area contributed by atoms with Gasteiger partial charge in [-0.2, -0.15) is 0 Å². The number of fused-ring (bicyclic) bond motifs is 1. The highest BCUT2D eigenvalue weighted by atomic mass is 16.5. The summed E-state index contributed by atoms with van der Waals surface area (Å²) < 4.78 is 5.89. The Labute approximate surface area is 184 Å². The Balaban J connectivity index is 1.49. The molecule has 0 saturated carbocycles. The van der Waals surface area contributed by atoms with Gasteiger partial charge in [-0.05, 0) is 69.0 Å². The second kappa shape index (κ2) is 9.00. The van der Waals surface area contributed by atoms with E-state index in [2.05, 4.69) is 55.1 Å². The van der Waals surface area contributed by atoms with Crippen molar-refractivity contribution in [1.82, 2.24) is 14.9 Å². The average Bonchev–Trinajstić information content (AvgIpc) is 3.31. The molecule has 6 heteroatoms. The van der Waals surface area contributed by atoms with Crippen molar-refractivity contribution < 1.29 is 9.53 Å². The molecule has 1 atom stereocenters. The Morgan fingerprint density at radius 2 is 2.03 bits per heavy atom. The maximum Gasteiger partial charge on any atom is 0.245 e. The van der Waals surface area contributed by atoms with E-state index in [9.17, 15) is 4.79 Å². The van der Waals surface area contributed by atoms with E-state index in [0.29, 0.717) is 5.92 Å². The minimum Gasteiger partial charge on any atom is -0.494 e. The number of anilines is 1. The molecule has 3 heterocycles. The van der Waals surface area contributed by atoms with E-state index in [1.807, 2.05) is 29.2 Å². The molecule has 1 saturated heterocycles. The number of nitrogens with one attached hydrogen (secondary N) is 2. The lowest BCUT2D eigenvalue weighted by Gasteiger charge is -2.21. The van der Waals surface area contributed by atoms with Crippen LogP contribution in [0.25, 0.3) is 22.3 Å². The lowest BCUT2D eigenvalue weighted by atomic mass is 10.1. The van der Waals surface area contributed by atoms with Crippen LogP contribution in [0.1, 0.15) is 40.5 Å². The summed E-state index contributed by atoms with van der Waals surface area (Å²) in [5, 5.41) is 4.49. The molecule has 1 fully saturated rings. The predicted octanol–water partition coefficient (Wildman–Crippen LogP) is 5.08. The molecule has 6 nitrogen and oxygen atoms in total. The predicted molar refractivity (Wildman–Crippen MR) is 125 cm³/mol. The number of H-pyrrole nitrogens is 1. The first-order valence-corrected chi connectivity index (χ1v) is 11.2. The summed E-state index contributed by atoms with van der Waals surface area (Å²) in [5.74, 6) is 1.68. The number of pyridine rings is 1. The zero-order valence-corrected chi connectivity index (χ0v) is 18.8. The molecule has 0 aliphatic carbocycles. The fourth-order valence-electron chi connectivity index (χ4n) is 3.97. The average molecular weight is 421 g/mol. The van der Waals surface area contributed by atoms with Gasteiger partial charge >= 0.3 is 0 Å². The van der Waals surface area contributed by atoms with Crippen LogP contribution in [0, 0.1) is 5.92 Å². The van der Waals surface area contributed by atoms with Crippen LogP contribution < -0.4 is 10.1 Å². The first kappa shape index (κ1) is 21.2. The number of aromatic nitrogens is 2. The molecule has 4 rings (SSSR count). The number of hydrogen-bond acceptors (Lipinski definition) is 4. The maximum absolute atomic E-state index is 12.6. The van der Waals surface area contributed by atoms with Crippen molar-refractivity contribution in [3.8, 4) is 17.1 Å². The fourth-order valence-corrected chi connectivity index (χ4v) is 3.97. The van der Waals surface area contributed by atoms with E-state index < -0.39 is 0 Å². The fraction of sp³-hybridized carbons (Fsp3) is 0.440. The third-order valence-electron chi connectivity index (χ3n) is 5.80. The molecular weight excluding hydrogens is 388 g/mol. The Hall–Kier alpha value is -3.02. The molecule has 2 N–H and O–H groups in total. The normalized spacial score (nSPS) is 16.6. The molecule has 1 unspecified atom stereocenters. The van der Waals surface area contributed by atoms with Gasteiger partial charge in [-0.3, -0.25) is 9.78 Å². The highest BCUT2D eigenvalue weighted by Crippen LogP contribution is 2.28. The molecule has 2 aromatic heterocycles. The van der Waals surface area contributed by atoms with Gasteiger partial charge in [-0.1, -0.05) is 13.8 Å². The summed E-state index contributed by atoms with van der Waals surface area (Å²) in [7, 11) is 0. The van der Waals surface area contributed by atoms with Crippen molar-refractivity contribution in [1.29, 1.82) is 0 Å². The number of nitrogens with zero attached hydrogens (tertiary/aromatic N) is 2. The van der Waals surface area contributed by atoms with Gasteiger partial charge in [0.1, 0.15) is 11.8 Å². The molecule has 1 aromatic carbocycles. The summed E-state index contributed by atoms with van der Waals surface area (Å²) in [5.41, 5.74) is 3.74. The van der Waals surface area contributed by atoms with E-state index in [1.165, 1.54) is 0 Å². The summed E-state index contributed by atoms with van der Waals surface area (Å²) >= 11 is 0. The monoisotopic (exact) mass is 420 g/mol. The van der Waals surface area contributed by atoms with Crippen molar-refractivity contribution >= 4 is 22.5 Å². The molecule has 0 spiro atoms. The van der Waals surface area contributed by atoms with Crippen molar-refractivity contribution in [2.45, 2.75) is 52.6 Å². The summed E-state index contributed by atoms with van der Waals surface area (Å²) in [6.07, 6.45) is 3.64. The van der Waals surface area contributed by atoms with E-state index in [1.54, 1.807) is 6.20 Å². The summed E-state index contributed by atoms with van der Waals surface area (Å²) in [4.78, 5) is 22.5. The van der Waals surface area contributed by atoms with Crippen LogP contribution in [0.5, 0.6) is 5.75 Å². The number of aromatic amines is 1. The summed E-state index contributed by atoms with van der Waals surface area (Å²) in [6.45, 7) is 10.0. The van der Waals surface area contributed by atoms with E-state index in [4.69, 9.17) is 4.74 Å². The minimum atomic E-state index is -0.175. The SMILES string of the molecule is CC(C)CCOc1ccc2[nH]c(-c3cc(NC4CCN(C(C)C)C4=O)ccn3)cc2c1. The van der Waals surface area contributed by atoms with Crippen LogP contribution in [0.4, 0.5) is 5.69 Å². The Morgan fingerprint density at radius 1 is 1.19 bits per heavy atom. The zero-order valence-electron chi connectivity index (χ0n) is 18.8. The largest absolute Gasteiger partial charge is 0.494 e. The Bertz CT molecular complexity index is 1060. The Morgan fingerprint density at radius 3 is 2.77 bits per heavy atom. The van der Waals surface area contributed by atoms with Gasteiger partial charge in [0.15, 0.2) is 0 Å². The van der Waals surface area contributed by atoms with Gasteiger partial charge in [-0.25, -0.2) is 0 Å².